The molecule has 2 rings (SSSR count). The number of benzene rings is 1. The summed E-state index contributed by atoms with van der Waals surface area (Å²) in [4.78, 5) is 26.2. The minimum Gasteiger partial charge on any atom is -0.489 e. The first-order valence-electron chi connectivity index (χ1n) is 9.25. The van der Waals surface area contributed by atoms with Crippen LogP contribution in [-0.2, 0) is 9.53 Å². The van der Waals surface area contributed by atoms with Gasteiger partial charge in [-0.3, -0.25) is 4.79 Å². The fraction of sp³-hybridized carbons (Fsp3) is 0.524. The average Bonchev–Trinajstić information content (AvgIpc) is 2.69. The van der Waals surface area contributed by atoms with Crippen LogP contribution >= 0.6 is 0 Å². The van der Waals surface area contributed by atoms with Crippen LogP contribution in [0.3, 0.4) is 0 Å². The maximum absolute atomic E-state index is 12.8. The van der Waals surface area contributed by atoms with Gasteiger partial charge in [0.05, 0.1) is 5.69 Å². The zero-order valence-electron chi connectivity index (χ0n) is 17.7. The van der Waals surface area contributed by atoms with Gasteiger partial charge in [0.2, 0.25) is 0 Å². The molecule has 0 spiro atoms. The standard InChI is InChI=1S/C21H28N2O6/c1-20(2,3)29-19(25)22-15-13-28-17-9-8-14(12-16(17)23(6)18(15)24)27-11-7-10-21(4,5)26/h8-9,12,15,26H,11,13H2,1-6H3,(H,22,25)/t15-/m0/s1. The van der Waals surface area contributed by atoms with Crippen LogP contribution in [0, 0.1) is 11.8 Å². The number of fused-ring (bicyclic) bond motifs is 1. The van der Waals surface area contributed by atoms with Crippen molar-refractivity contribution in [3.05, 3.63) is 18.2 Å². The molecule has 2 N–H and O–H groups in total. The Morgan fingerprint density at radius 3 is 2.66 bits per heavy atom. The van der Waals surface area contributed by atoms with Crippen LogP contribution in [0.1, 0.15) is 34.6 Å². The van der Waals surface area contributed by atoms with Gasteiger partial charge < -0.3 is 29.5 Å². The monoisotopic (exact) mass is 404 g/mol. The summed E-state index contributed by atoms with van der Waals surface area (Å²) in [5, 5.41) is 12.1. The van der Waals surface area contributed by atoms with Crippen LogP contribution in [0.5, 0.6) is 11.5 Å². The SMILES string of the molecule is CN1C(=O)[C@@H](NC(=O)OC(C)(C)C)COc2ccc(OCC#CC(C)(C)O)cc21. The Bertz CT molecular complexity index is 826. The van der Waals surface area contributed by atoms with Gasteiger partial charge in [-0.05, 0) is 46.8 Å². The van der Waals surface area contributed by atoms with Gasteiger partial charge in [-0.15, -0.1) is 0 Å². The van der Waals surface area contributed by atoms with Gasteiger partial charge in [-0.2, -0.15) is 0 Å². The lowest BCUT2D eigenvalue weighted by Gasteiger charge is -2.23. The molecular weight excluding hydrogens is 376 g/mol. The molecule has 8 heteroatoms. The summed E-state index contributed by atoms with van der Waals surface area (Å²) in [5.41, 5.74) is -1.25. The maximum atomic E-state index is 12.8. The molecule has 0 bridgehead atoms. The molecule has 29 heavy (non-hydrogen) atoms. The van der Waals surface area contributed by atoms with Crippen molar-refractivity contribution in [1.29, 1.82) is 0 Å². The number of carbonyl (C=O) groups excluding carboxylic acids is 2. The Labute approximate surface area is 171 Å². The molecule has 0 fully saturated rings. The summed E-state index contributed by atoms with van der Waals surface area (Å²) in [6, 6.07) is 4.16. The van der Waals surface area contributed by atoms with Gasteiger partial charge >= 0.3 is 6.09 Å². The van der Waals surface area contributed by atoms with E-state index in [9.17, 15) is 14.7 Å². The van der Waals surface area contributed by atoms with Gasteiger partial charge in [0, 0.05) is 13.1 Å². The summed E-state index contributed by atoms with van der Waals surface area (Å²) in [7, 11) is 1.59. The smallest absolute Gasteiger partial charge is 0.408 e. The number of likely N-dealkylation sites (N-methyl/N-ethyl adjacent to an activating group) is 1. The molecule has 0 radical (unpaired) electrons. The lowest BCUT2D eigenvalue weighted by molar-refractivity contribution is -0.120. The summed E-state index contributed by atoms with van der Waals surface area (Å²) in [6.45, 7) is 8.47. The number of carbonyl (C=O) groups is 2. The number of amides is 2. The third-order valence-electron chi connectivity index (χ3n) is 3.72. The number of rotatable bonds is 3. The van der Waals surface area contributed by atoms with Crippen LogP contribution in [0.15, 0.2) is 18.2 Å². The molecule has 1 heterocycles. The third kappa shape index (κ3) is 6.88. The molecule has 0 saturated carbocycles. The Morgan fingerprint density at radius 2 is 2.03 bits per heavy atom. The summed E-state index contributed by atoms with van der Waals surface area (Å²) >= 11 is 0. The highest BCUT2D eigenvalue weighted by Crippen LogP contribution is 2.34. The number of anilines is 1. The second-order valence-corrected chi connectivity index (χ2v) is 8.19. The molecule has 0 unspecified atom stereocenters. The lowest BCUT2D eigenvalue weighted by Crippen LogP contribution is -2.50. The Kier molecular flexibility index (Phi) is 6.65. The summed E-state index contributed by atoms with van der Waals surface area (Å²) in [6.07, 6.45) is -0.687. The molecule has 1 aromatic carbocycles. The summed E-state index contributed by atoms with van der Waals surface area (Å²) < 4.78 is 16.5. The van der Waals surface area contributed by atoms with Gasteiger partial charge in [-0.1, -0.05) is 11.8 Å². The molecule has 1 atom stereocenters. The molecule has 1 aliphatic heterocycles. The van der Waals surface area contributed by atoms with Crippen LogP contribution in [0.4, 0.5) is 10.5 Å². The molecule has 0 aliphatic carbocycles. The van der Waals surface area contributed by atoms with Crippen LogP contribution in [-0.4, -0.2) is 54.6 Å². The van der Waals surface area contributed by atoms with Crippen molar-refractivity contribution >= 4 is 17.7 Å². The van der Waals surface area contributed by atoms with Crippen molar-refractivity contribution in [3.63, 3.8) is 0 Å². The van der Waals surface area contributed by atoms with Crippen LogP contribution in [0.25, 0.3) is 0 Å². The van der Waals surface area contributed by atoms with Crippen LogP contribution in [0.2, 0.25) is 0 Å². The molecule has 2 amide bonds. The van der Waals surface area contributed by atoms with E-state index < -0.39 is 23.3 Å². The van der Waals surface area contributed by atoms with E-state index in [0.717, 1.165) is 0 Å². The average molecular weight is 404 g/mol. The molecule has 0 aromatic heterocycles. The number of hydrogen-bond acceptors (Lipinski definition) is 6. The highest BCUT2D eigenvalue weighted by atomic mass is 16.6. The summed E-state index contributed by atoms with van der Waals surface area (Å²) in [5.74, 6) is 6.04. The van der Waals surface area contributed by atoms with E-state index in [2.05, 4.69) is 17.2 Å². The fourth-order valence-electron chi connectivity index (χ4n) is 2.49. The number of nitrogens with one attached hydrogen (secondary N) is 1. The van der Waals surface area contributed by atoms with Gasteiger partial charge in [0.1, 0.15) is 42.0 Å². The number of nitrogens with zero attached hydrogens (tertiary/aromatic N) is 1. The van der Waals surface area contributed by atoms with Gasteiger partial charge in [-0.25, -0.2) is 4.79 Å². The maximum Gasteiger partial charge on any atom is 0.408 e. The van der Waals surface area contributed by atoms with Crippen LogP contribution < -0.4 is 19.7 Å². The van der Waals surface area contributed by atoms with Crippen molar-refractivity contribution in [2.75, 3.05) is 25.2 Å². The molecule has 158 valence electrons. The van der Waals surface area contributed by atoms with Gasteiger partial charge in [0.25, 0.3) is 5.91 Å². The molecule has 8 nitrogen and oxygen atoms in total. The molecule has 0 saturated heterocycles. The molecule has 1 aliphatic rings. The molecular formula is C21H28N2O6. The minimum absolute atomic E-state index is 0.0212. The number of alkyl carbamates (subject to hydrolysis) is 1. The minimum atomic E-state index is -1.09. The highest BCUT2D eigenvalue weighted by Gasteiger charge is 2.32. The number of aliphatic hydroxyl groups is 1. The zero-order valence-corrected chi connectivity index (χ0v) is 17.7. The lowest BCUT2D eigenvalue weighted by atomic mass is 10.1. The van der Waals surface area contributed by atoms with E-state index in [0.29, 0.717) is 17.2 Å². The third-order valence-corrected chi connectivity index (χ3v) is 3.72. The zero-order chi connectivity index (χ0) is 21.8. The van der Waals surface area contributed by atoms with Crippen molar-refractivity contribution in [3.8, 4) is 23.3 Å². The Hall–Kier alpha value is -2.92. The van der Waals surface area contributed by atoms with E-state index in [-0.39, 0.29) is 19.1 Å². The van der Waals surface area contributed by atoms with E-state index in [1.807, 2.05) is 0 Å². The van der Waals surface area contributed by atoms with Crippen molar-refractivity contribution in [2.24, 2.45) is 0 Å². The predicted octanol–water partition coefficient (Wildman–Crippen LogP) is 2.09. The predicted molar refractivity (Wildman–Crippen MR) is 108 cm³/mol. The van der Waals surface area contributed by atoms with Gasteiger partial charge in [0.15, 0.2) is 0 Å². The van der Waals surface area contributed by atoms with Crippen molar-refractivity contribution in [2.45, 2.75) is 51.9 Å². The van der Waals surface area contributed by atoms with E-state index in [1.165, 1.54) is 4.90 Å². The quantitative estimate of drug-likeness (QED) is 0.749. The van der Waals surface area contributed by atoms with Crippen molar-refractivity contribution < 1.29 is 28.9 Å². The normalized spacial score (nSPS) is 16.6. The fourth-order valence-corrected chi connectivity index (χ4v) is 2.49. The largest absolute Gasteiger partial charge is 0.489 e. The van der Waals surface area contributed by atoms with E-state index in [4.69, 9.17) is 14.2 Å². The highest BCUT2D eigenvalue weighted by molar-refractivity contribution is 6.00. The van der Waals surface area contributed by atoms with Crippen molar-refractivity contribution in [1.82, 2.24) is 5.32 Å². The first kappa shape index (κ1) is 22.4. The number of hydrogen-bond donors (Lipinski definition) is 2. The number of ether oxygens (including phenoxy) is 3. The van der Waals surface area contributed by atoms with E-state index in [1.54, 1.807) is 59.9 Å². The Balaban J connectivity index is 2.09. The Morgan fingerprint density at radius 1 is 1.34 bits per heavy atom. The second-order valence-electron chi connectivity index (χ2n) is 8.19. The first-order valence-corrected chi connectivity index (χ1v) is 9.25. The second kappa shape index (κ2) is 8.62. The first-order chi connectivity index (χ1) is 13.4. The molecule has 1 aromatic rings. The topological polar surface area (TPSA) is 97.3 Å². The van der Waals surface area contributed by atoms with E-state index >= 15 is 0 Å².